The van der Waals surface area contributed by atoms with Gasteiger partial charge in [0.05, 0.1) is 11.4 Å². The number of amides is 1. The van der Waals surface area contributed by atoms with Gasteiger partial charge in [-0.3, -0.25) is 14.5 Å². The number of rotatable bonds is 5. The molecule has 0 saturated carbocycles. The fraction of sp³-hybridized carbons (Fsp3) is 0.429. The number of benzene rings is 2. The molecule has 5 heteroatoms. The van der Waals surface area contributed by atoms with Gasteiger partial charge in [-0.25, -0.2) is 0 Å². The van der Waals surface area contributed by atoms with E-state index in [9.17, 15) is 9.59 Å². The van der Waals surface area contributed by atoms with Crippen LogP contribution in [0.3, 0.4) is 0 Å². The topological polar surface area (TPSA) is 62.6 Å². The SMILES string of the molecule is Cc1ccc2c(=O)cc(C(=O)NC[C@@H](c3ccc(C(C)(C)C)cc3)N3CCCC3)oc2c1C. The van der Waals surface area contributed by atoms with E-state index in [4.69, 9.17) is 4.42 Å². The van der Waals surface area contributed by atoms with Crippen molar-refractivity contribution in [3.8, 4) is 0 Å². The molecule has 33 heavy (non-hydrogen) atoms. The van der Waals surface area contributed by atoms with Gasteiger partial charge in [-0.15, -0.1) is 0 Å². The number of likely N-dealkylation sites (tertiary alicyclic amines) is 1. The van der Waals surface area contributed by atoms with Gasteiger partial charge >= 0.3 is 0 Å². The molecular weight excluding hydrogens is 412 g/mol. The fourth-order valence-electron chi connectivity index (χ4n) is 4.56. The van der Waals surface area contributed by atoms with E-state index in [1.807, 2.05) is 19.9 Å². The molecule has 1 atom stereocenters. The van der Waals surface area contributed by atoms with Crippen LogP contribution >= 0.6 is 0 Å². The lowest BCUT2D eigenvalue weighted by atomic mass is 9.86. The van der Waals surface area contributed by atoms with Crippen LogP contribution in [0.2, 0.25) is 0 Å². The van der Waals surface area contributed by atoms with Gasteiger partial charge in [-0.05, 0) is 73.5 Å². The summed E-state index contributed by atoms with van der Waals surface area (Å²) in [6.45, 7) is 13.0. The number of fused-ring (bicyclic) bond motifs is 1. The van der Waals surface area contributed by atoms with Gasteiger partial charge in [0.1, 0.15) is 5.58 Å². The molecule has 1 saturated heterocycles. The molecule has 2 heterocycles. The van der Waals surface area contributed by atoms with Crippen molar-refractivity contribution in [3.63, 3.8) is 0 Å². The third-order valence-electron chi connectivity index (χ3n) is 6.84. The van der Waals surface area contributed by atoms with Crippen molar-refractivity contribution >= 4 is 16.9 Å². The first-order valence-electron chi connectivity index (χ1n) is 11.8. The number of hydrogen-bond donors (Lipinski definition) is 1. The second-order valence-electron chi connectivity index (χ2n) is 10.2. The van der Waals surface area contributed by atoms with Crippen LogP contribution in [-0.4, -0.2) is 30.4 Å². The minimum Gasteiger partial charge on any atom is -0.450 e. The Morgan fingerprint density at radius 1 is 1.06 bits per heavy atom. The van der Waals surface area contributed by atoms with Gasteiger partial charge in [-0.2, -0.15) is 0 Å². The fourth-order valence-corrected chi connectivity index (χ4v) is 4.56. The average Bonchev–Trinajstić information content (AvgIpc) is 3.31. The molecule has 3 aromatic rings. The van der Waals surface area contributed by atoms with Crippen molar-refractivity contribution in [2.24, 2.45) is 0 Å². The molecule has 2 aromatic carbocycles. The maximum absolute atomic E-state index is 13.0. The van der Waals surface area contributed by atoms with E-state index in [0.29, 0.717) is 17.5 Å². The summed E-state index contributed by atoms with van der Waals surface area (Å²) in [6, 6.07) is 13.8. The number of hydrogen-bond acceptors (Lipinski definition) is 4. The van der Waals surface area contributed by atoms with Crippen molar-refractivity contribution in [1.82, 2.24) is 10.2 Å². The molecule has 0 radical (unpaired) electrons. The summed E-state index contributed by atoms with van der Waals surface area (Å²) >= 11 is 0. The zero-order valence-corrected chi connectivity index (χ0v) is 20.3. The summed E-state index contributed by atoms with van der Waals surface area (Å²) in [5.41, 5.74) is 4.78. The monoisotopic (exact) mass is 446 g/mol. The molecule has 1 aromatic heterocycles. The molecule has 5 nitrogen and oxygen atoms in total. The Hall–Kier alpha value is -2.92. The Labute approximate surface area is 195 Å². The van der Waals surface area contributed by atoms with Gasteiger partial charge in [0.2, 0.25) is 0 Å². The highest BCUT2D eigenvalue weighted by molar-refractivity contribution is 5.93. The van der Waals surface area contributed by atoms with E-state index >= 15 is 0 Å². The number of nitrogens with one attached hydrogen (secondary N) is 1. The van der Waals surface area contributed by atoms with E-state index in [0.717, 1.165) is 24.2 Å². The molecule has 4 rings (SSSR count). The van der Waals surface area contributed by atoms with Gasteiger partial charge in [0.15, 0.2) is 11.2 Å². The number of aryl methyl sites for hydroxylation is 2. The van der Waals surface area contributed by atoms with E-state index in [1.54, 1.807) is 6.07 Å². The highest BCUT2D eigenvalue weighted by atomic mass is 16.3. The highest BCUT2D eigenvalue weighted by Crippen LogP contribution is 2.28. The predicted molar refractivity (Wildman–Crippen MR) is 133 cm³/mol. The normalized spacial score (nSPS) is 15.7. The lowest BCUT2D eigenvalue weighted by Gasteiger charge is -2.29. The highest BCUT2D eigenvalue weighted by Gasteiger charge is 2.25. The Bertz CT molecular complexity index is 1210. The molecule has 1 N–H and O–H groups in total. The zero-order valence-electron chi connectivity index (χ0n) is 20.3. The molecule has 1 amide bonds. The molecule has 0 bridgehead atoms. The van der Waals surface area contributed by atoms with E-state index in [1.165, 1.54) is 30.0 Å². The van der Waals surface area contributed by atoms with Crippen molar-refractivity contribution in [1.29, 1.82) is 0 Å². The van der Waals surface area contributed by atoms with Crippen LogP contribution in [0.5, 0.6) is 0 Å². The minimum atomic E-state index is -0.356. The quantitative estimate of drug-likeness (QED) is 0.580. The van der Waals surface area contributed by atoms with Crippen LogP contribution in [0.25, 0.3) is 11.0 Å². The minimum absolute atomic E-state index is 0.0597. The first-order chi connectivity index (χ1) is 15.6. The largest absolute Gasteiger partial charge is 0.450 e. The Kier molecular flexibility index (Phi) is 6.44. The first kappa shape index (κ1) is 23.2. The lowest BCUT2D eigenvalue weighted by Crippen LogP contribution is -2.37. The van der Waals surface area contributed by atoms with Gasteiger partial charge in [-0.1, -0.05) is 51.1 Å². The number of nitrogens with zero attached hydrogens (tertiary/aromatic N) is 1. The van der Waals surface area contributed by atoms with Gasteiger partial charge in [0.25, 0.3) is 5.91 Å². The lowest BCUT2D eigenvalue weighted by molar-refractivity contribution is 0.0910. The molecule has 174 valence electrons. The standard InChI is InChI=1S/C28H34N2O3/c1-18-8-13-22-24(31)16-25(33-26(22)19(18)2)27(32)29-17-23(30-14-6-7-15-30)20-9-11-21(12-10-20)28(3,4)5/h8-13,16,23H,6-7,14-15,17H2,1-5H3,(H,29,32)/t23-/m0/s1. The van der Waals surface area contributed by atoms with Crippen molar-refractivity contribution in [3.05, 3.63) is 80.7 Å². The Morgan fingerprint density at radius 3 is 2.36 bits per heavy atom. The Balaban J connectivity index is 1.57. The third-order valence-corrected chi connectivity index (χ3v) is 6.84. The van der Waals surface area contributed by atoms with Crippen LogP contribution in [-0.2, 0) is 5.41 Å². The second-order valence-corrected chi connectivity index (χ2v) is 10.2. The van der Waals surface area contributed by atoms with E-state index in [-0.39, 0.29) is 28.6 Å². The van der Waals surface area contributed by atoms with Gasteiger partial charge in [0, 0.05) is 12.6 Å². The number of carbonyl (C=O) groups excluding carboxylic acids is 1. The second kappa shape index (κ2) is 9.14. The molecule has 1 aliphatic heterocycles. The van der Waals surface area contributed by atoms with Crippen LogP contribution in [0, 0.1) is 13.8 Å². The first-order valence-corrected chi connectivity index (χ1v) is 11.8. The van der Waals surface area contributed by atoms with Gasteiger partial charge < -0.3 is 9.73 Å². The smallest absolute Gasteiger partial charge is 0.287 e. The molecule has 0 spiro atoms. The van der Waals surface area contributed by atoms with Crippen LogP contribution in [0.1, 0.15) is 72.5 Å². The molecule has 1 aliphatic rings. The van der Waals surface area contributed by atoms with Crippen LogP contribution in [0.15, 0.2) is 51.7 Å². The summed E-state index contributed by atoms with van der Waals surface area (Å²) in [4.78, 5) is 28.0. The van der Waals surface area contributed by atoms with Crippen LogP contribution in [0.4, 0.5) is 0 Å². The molecular formula is C28H34N2O3. The summed E-state index contributed by atoms with van der Waals surface area (Å²) in [6.07, 6.45) is 2.34. The molecule has 0 unspecified atom stereocenters. The summed E-state index contributed by atoms with van der Waals surface area (Å²) in [5.74, 6) is -0.296. The number of carbonyl (C=O) groups is 1. The van der Waals surface area contributed by atoms with E-state index < -0.39 is 0 Å². The van der Waals surface area contributed by atoms with E-state index in [2.05, 4.69) is 55.3 Å². The van der Waals surface area contributed by atoms with Crippen molar-refractivity contribution in [2.75, 3.05) is 19.6 Å². The summed E-state index contributed by atoms with van der Waals surface area (Å²) < 4.78 is 5.91. The maximum atomic E-state index is 13.0. The van der Waals surface area contributed by atoms with Crippen molar-refractivity contribution < 1.29 is 9.21 Å². The molecule has 0 aliphatic carbocycles. The Morgan fingerprint density at radius 2 is 1.73 bits per heavy atom. The van der Waals surface area contributed by atoms with Crippen molar-refractivity contribution in [2.45, 2.75) is 58.9 Å². The molecule has 1 fully saturated rings. The average molecular weight is 447 g/mol. The summed E-state index contributed by atoms with van der Waals surface area (Å²) in [5, 5.41) is 3.54. The third kappa shape index (κ3) is 4.88. The maximum Gasteiger partial charge on any atom is 0.287 e. The summed E-state index contributed by atoms with van der Waals surface area (Å²) in [7, 11) is 0. The predicted octanol–water partition coefficient (Wildman–Crippen LogP) is 5.27. The van der Waals surface area contributed by atoms with Crippen LogP contribution < -0.4 is 10.7 Å². The zero-order chi connectivity index (χ0) is 23.8.